The zero-order chi connectivity index (χ0) is 9.35. The molecule has 0 aromatic rings. The third-order valence-corrected chi connectivity index (χ3v) is 2.22. The van der Waals surface area contributed by atoms with Crippen LogP contribution in [0.4, 0.5) is 0 Å². The number of allylic oxidation sites excluding steroid dienone is 2. The Labute approximate surface area is 70.4 Å². The van der Waals surface area contributed by atoms with Crippen molar-refractivity contribution in [3.05, 3.63) is 12.2 Å². The van der Waals surface area contributed by atoms with E-state index < -0.39 is 5.41 Å². The Morgan fingerprint density at radius 3 is 2.00 bits per heavy atom. The fourth-order valence-electron chi connectivity index (χ4n) is 1.47. The highest BCUT2D eigenvalue weighted by Crippen LogP contribution is 2.30. The second-order valence-corrected chi connectivity index (χ2v) is 2.95. The molecule has 0 atom stereocenters. The summed E-state index contributed by atoms with van der Waals surface area (Å²) in [5.74, 6) is -1.06. The molecule has 3 heteroatoms. The predicted molar refractivity (Wildman–Crippen MR) is 42.6 cm³/mol. The van der Waals surface area contributed by atoms with E-state index in [1.807, 2.05) is 0 Å². The Morgan fingerprint density at radius 2 is 1.83 bits per heavy atom. The van der Waals surface area contributed by atoms with Crippen LogP contribution in [0, 0.1) is 5.41 Å². The van der Waals surface area contributed by atoms with Crippen molar-refractivity contribution in [3.63, 3.8) is 0 Å². The number of Topliss-reactive ketones (excluding diaryl/α,β-unsaturated/α-hetero) is 3. The number of rotatable bonds is 2. The minimum atomic E-state index is -1.44. The van der Waals surface area contributed by atoms with E-state index in [1.165, 1.54) is 19.9 Å². The van der Waals surface area contributed by atoms with E-state index in [0.29, 0.717) is 0 Å². The molecule has 1 rings (SSSR count). The normalized spacial score (nSPS) is 19.7. The van der Waals surface area contributed by atoms with Gasteiger partial charge in [-0.05, 0) is 13.8 Å². The van der Waals surface area contributed by atoms with Crippen molar-refractivity contribution in [3.8, 4) is 0 Å². The first-order valence-corrected chi connectivity index (χ1v) is 3.75. The number of carbonyl (C=O) groups is 3. The lowest BCUT2D eigenvalue weighted by Gasteiger charge is -2.18. The molecule has 64 valence electrons. The van der Waals surface area contributed by atoms with Crippen LogP contribution >= 0.6 is 0 Å². The molecule has 0 fully saturated rings. The van der Waals surface area contributed by atoms with Gasteiger partial charge in [0.15, 0.2) is 22.8 Å². The first kappa shape index (κ1) is 8.84. The zero-order valence-electron chi connectivity index (χ0n) is 7.09. The van der Waals surface area contributed by atoms with Crippen molar-refractivity contribution in [2.75, 3.05) is 0 Å². The quantitative estimate of drug-likeness (QED) is 0.447. The average Bonchev–Trinajstić information content (AvgIpc) is 2.31. The molecule has 0 saturated carbocycles. The predicted octanol–water partition coefficient (Wildman–Crippen LogP) is 0.680. The van der Waals surface area contributed by atoms with Crippen LogP contribution in [0.25, 0.3) is 0 Å². The van der Waals surface area contributed by atoms with Gasteiger partial charge in [-0.1, -0.05) is 12.2 Å². The van der Waals surface area contributed by atoms with Gasteiger partial charge in [0.1, 0.15) is 0 Å². The Kier molecular flexibility index (Phi) is 1.96. The van der Waals surface area contributed by atoms with Crippen molar-refractivity contribution >= 4 is 17.3 Å². The lowest BCUT2D eigenvalue weighted by molar-refractivity contribution is -0.142. The number of ketones is 3. The highest BCUT2D eigenvalue weighted by molar-refractivity contribution is 6.26. The Balaban J connectivity index is 3.19. The fraction of sp³-hybridized carbons (Fsp3) is 0.444. The highest BCUT2D eigenvalue weighted by atomic mass is 16.2. The molecule has 0 N–H and O–H groups in total. The molecule has 12 heavy (non-hydrogen) atoms. The third-order valence-electron chi connectivity index (χ3n) is 2.22. The monoisotopic (exact) mass is 166 g/mol. The molecule has 0 unspecified atom stereocenters. The summed E-state index contributed by atoms with van der Waals surface area (Å²) in [6.45, 7) is 2.55. The maximum atomic E-state index is 11.3. The maximum Gasteiger partial charge on any atom is 0.163 e. The Hall–Kier alpha value is -1.25. The van der Waals surface area contributed by atoms with Crippen LogP contribution in [-0.2, 0) is 14.4 Å². The molecule has 0 saturated heterocycles. The molecule has 0 aromatic carbocycles. The summed E-state index contributed by atoms with van der Waals surface area (Å²) in [6.07, 6.45) is 3.18. The molecular formula is C9H10O3. The minimum Gasteiger partial charge on any atom is -0.298 e. The van der Waals surface area contributed by atoms with Gasteiger partial charge >= 0.3 is 0 Å². The SMILES string of the molecule is CC(=O)C1(C(C)=O)C=CCC1=O. The lowest BCUT2D eigenvalue weighted by atomic mass is 9.79. The van der Waals surface area contributed by atoms with Crippen molar-refractivity contribution in [1.29, 1.82) is 0 Å². The summed E-state index contributed by atoms with van der Waals surface area (Å²) < 4.78 is 0. The van der Waals surface area contributed by atoms with Crippen LogP contribution < -0.4 is 0 Å². The maximum absolute atomic E-state index is 11.3. The molecule has 0 spiro atoms. The second kappa shape index (κ2) is 2.66. The molecule has 0 radical (unpaired) electrons. The summed E-state index contributed by atoms with van der Waals surface area (Å²) in [5.41, 5.74) is -1.44. The molecule has 1 aliphatic rings. The Morgan fingerprint density at radius 1 is 1.33 bits per heavy atom. The van der Waals surface area contributed by atoms with Crippen molar-refractivity contribution < 1.29 is 14.4 Å². The first-order chi connectivity index (χ1) is 5.51. The summed E-state index contributed by atoms with van der Waals surface area (Å²) in [4.78, 5) is 33.5. The van der Waals surface area contributed by atoms with Gasteiger partial charge in [0.2, 0.25) is 0 Å². The number of carbonyl (C=O) groups excluding carboxylic acids is 3. The van der Waals surface area contributed by atoms with E-state index in [9.17, 15) is 14.4 Å². The van der Waals surface area contributed by atoms with E-state index in [4.69, 9.17) is 0 Å². The van der Waals surface area contributed by atoms with Gasteiger partial charge in [0.25, 0.3) is 0 Å². The van der Waals surface area contributed by atoms with Crippen LogP contribution in [0.15, 0.2) is 12.2 Å². The lowest BCUT2D eigenvalue weighted by Crippen LogP contribution is -2.39. The highest BCUT2D eigenvalue weighted by Gasteiger charge is 2.46. The van der Waals surface area contributed by atoms with Gasteiger partial charge in [-0.2, -0.15) is 0 Å². The minimum absolute atomic E-state index is 0.194. The van der Waals surface area contributed by atoms with Crippen LogP contribution in [0.1, 0.15) is 20.3 Å². The smallest absolute Gasteiger partial charge is 0.163 e. The molecule has 1 aliphatic carbocycles. The van der Waals surface area contributed by atoms with Crippen molar-refractivity contribution in [2.24, 2.45) is 5.41 Å². The first-order valence-electron chi connectivity index (χ1n) is 3.75. The molecule has 0 bridgehead atoms. The van der Waals surface area contributed by atoms with Gasteiger partial charge in [-0.3, -0.25) is 14.4 Å². The zero-order valence-corrected chi connectivity index (χ0v) is 7.09. The molecule has 0 aromatic heterocycles. The van der Waals surface area contributed by atoms with Gasteiger partial charge in [-0.15, -0.1) is 0 Å². The summed E-state index contributed by atoms with van der Waals surface area (Å²) in [5, 5.41) is 0. The Bertz CT molecular complexity index is 272. The molecule has 0 aliphatic heterocycles. The largest absolute Gasteiger partial charge is 0.298 e. The van der Waals surface area contributed by atoms with Gasteiger partial charge in [0, 0.05) is 6.42 Å². The van der Waals surface area contributed by atoms with E-state index >= 15 is 0 Å². The molecule has 0 heterocycles. The number of hydrogen-bond acceptors (Lipinski definition) is 3. The van der Waals surface area contributed by atoms with Gasteiger partial charge < -0.3 is 0 Å². The van der Waals surface area contributed by atoms with Crippen LogP contribution in [0.2, 0.25) is 0 Å². The molecular weight excluding hydrogens is 156 g/mol. The summed E-state index contributed by atoms with van der Waals surface area (Å²) in [6, 6.07) is 0. The van der Waals surface area contributed by atoms with Crippen LogP contribution in [-0.4, -0.2) is 17.3 Å². The summed E-state index contributed by atoms with van der Waals surface area (Å²) in [7, 11) is 0. The van der Waals surface area contributed by atoms with E-state index in [1.54, 1.807) is 6.08 Å². The second-order valence-electron chi connectivity index (χ2n) is 2.95. The average molecular weight is 166 g/mol. The number of hydrogen-bond donors (Lipinski definition) is 0. The van der Waals surface area contributed by atoms with E-state index in [-0.39, 0.29) is 23.8 Å². The van der Waals surface area contributed by atoms with Gasteiger partial charge in [0.05, 0.1) is 0 Å². The van der Waals surface area contributed by atoms with Crippen molar-refractivity contribution in [2.45, 2.75) is 20.3 Å². The third kappa shape index (κ3) is 0.932. The molecule has 0 amide bonds. The molecule has 3 nitrogen and oxygen atoms in total. The van der Waals surface area contributed by atoms with E-state index in [0.717, 1.165) is 0 Å². The van der Waals surface area contributed by atoms with E-state index in [2.05, 4.69) is 0 Å². The summed E-state index contributed by atoms with van der Waals surface area (Å²) >= 11 is 0. The fourth-order valence-corrected chi connectivity index (χ4v) is 1.47. The topological polar surface area (TPSA) is 51.2 Å². The van der Waals surface area contributed by atoms with Crippen molar-refractivity contribution in [1.82, 2.24) is 0 Å². The standard InChI is InChI=1S/C9H10O3/c1-6(10)9(7(2)11)5-3-4-8(9)12/h3,5H,4H2,1-2H3. The van der Waals surface area contributed by atoms with Crippen LogP contribution in [0.3, 0.4) is 0 Å². The van der Waals surface area contributed by atoms with Crippen LogP contribution in [0.5, 0.6) is 0 Å². The van der Waals surface area contributed by atoms with Gasteiger partial charge in [-0.25, -0.2) is 0 Å².